The molecule has 0 saturated carbocycles. The van der Waals surface area contributed by atoms with Crippen molar-refractivity contribution in [3.8, 4) is 11.5 Å². The van der Waals surface area contributed by atoms with Crippen LogP contribution in [-0.2, 0) is 0 Å². The van der Waals surface area contributed by atoms with Crippen molar-refractivity contribution in [1.82, 2.24) is 5.32 Å². The minimum absolute atomic E-state index is 0.156. The van der Waals surface area contributed by atoms with Crippen LogP contribution in [0.5, 0.6) is 11.5 Å². The lowest BCUT2D eigenvalue weighted by Gasteiger charge is -2.09. The molecule has 0 aromatic heterocycles. The molecule has 0 saturated heterocycles. The van der Waals surface area contributed by atoms with Gasteiger partial charge >= 0.3 is 0 Å². The van der Waals surface area contributed by atoms with Crippen LogP contribution in [0.25, 0.3) is 0 Å². The van der Waals surface area contributed by atoms with Crippen molar-refractivity contribution in [2.45, 2.75) is 6.92 Å². The number of benzene rings is 2. The van der Waals surface area contributed by atoms with Crippen molar-refractivity contribution in [2.75, 3.05) is 26.0 Å². The number of rotatable bonds is 6. The van der Waals surface area contributed by atoms with Crippen LogP contribution in [0, 0.1) is 6.92 Å². The molecule has 0 aliphatic heterocycles. The zero-order valence-electron chi connectivity index (χ0n) is 12.8. The summed E-state index contributed by atoms with van der Waals surface area (Å²) < 4.78 is 10.7. The Labute approximate surface area is 130 Å². The molecule has 3 N–H and O–H groups in total. The molecule has 2 aromatic carbocycles. The van der Waals surface area contributed by atoms with Crippen molar-refractivity contribution >= 4 is 11.6 Å². The van der Waals surface area contributed by atoms with E-state index in [2.05, 4.69) is 5.32 Å². The number of anilines is 1. The summed E-state index contributed by atoms with van der Waals surface area (Å²) in [5.41, 5.74) is 8.01. The molecule has 116 valence electrons. The van der Waals surface area contributed by atoms with E-state index in [4.69, 9.17) is 15.2 Å². The molecule has 5 heteroatoms. The Hall–Kier alpha value is -2.69. The monoisotopic (exact) mass is 300 g/mol. The minimum atomic E-state index is -0.156. The highest BCUT2D eigenvalue weighted by atomic mass is 16.5. The zero-order valence-corrected chi connectivity index (χ0v) is 12.8. The Balaban J connectivity index is 1.80. The van der Waals surface area contributed by atoms with Gasteiger partial charge in [-0.05, 0) is 48.9 Å². The van der Waals surface area contributed by atoms with Crippen LogP contribution in [0.2, 0.25) is 0 Å². The van der Waals surface area contributed by atoms with Crippen LogP contribution < -0.4 is 20.5 Å². The Bertz CT molecular complexity index is 656. The summed E-state index contributed by atoms with van der Waals surface area (Å²) in [6.07, 6.45) is 0. The highest BCUT2D eigenvalue weighted by Gasteiger charge is 2.06. The number of aryl methyl sites for hydroxylation is 1. The van der Waals surface area contributed by atoms with Crippen LogP contribution in [0.4, 0.5) is 5.69 Å². The molecule has 22 heavy (non-hydrogen) atoms. The van der Waals surface area contributed by atoms with Gasteiger partial charge in [-0.15, -0.1) is 0 Å². The number of nitrogen functional groups attached to an aromatic ring is 1. The van der Waals surface area contributed by atoms with Crippen molar-refractivity contribution in [2.24, 2.45) is 0 Å². The normalized spacial score (nSPS) is 10.1. The fourth-order valence-electron chi connectivity index (χ4n) is 1.94. The molecule has 0 heterocycles. The van der Waals surface area contributed by atoms with Gasteiger partial charge in [-0.1, -0.05) is 6.07 Å². The van der Waals surface area contributed by atoms with E-state index in [0.717, 1.165) is 17.0 Å². The first-order chi connectivity index (χ1) is 10.6. The van der Waals surface area contributed by atoms with E-state index in [-0.39, 0.29) is 5.91 Å². The Morgan fingerprint density at radius 3 is 2.73 bits per heavy atom. The van der Waals surface area contributed by atoms with E-state index in [9.17, 15) is 4.79 Å². The van der Waals surface area contributed by atoms with Gasteiger partial charge in [-0.25, -0.2) is 0 Å². The smallest absolute Gasteiger partial charge is 0.251 e. The first-order valence-corrected chi connectivity index (χ1v) is 7.01. The molecule has 2 rings (SSSR count). The van der Waals surface area contributed by atoms with E-state index >= 15 is 0 Å². The molecule has 0 atom stereocenters. The molecule has 0 unspecified atom stereocenters. The largest absolute Gasteiger partial charge is 0.497 e. The van der Waals surface area contributed by atoms with Crippen LogP contribution in [-0.4, -0.2) is 26.2 Å². The fourth-order valence-corrected chi connectivity index (χ4v) is 1.94. The predicted octanol–water partition coefficient (Wildman–Crippen LogP) is 2.39. The lowest BCUT2D eigenvalue weighted by molar-refractivity contribution is 0.0946. The summed E-state index contributed by atoms with van der Waals surface area (Å²) in [5.74, 6) is 1.24. The van der Waals surface area contributed by atoms with Gasteiger partial charge in [-0.3, -0.25) is 4.79 Å². The second-order valence-electron chi connectivity index (χ2n) is 4.85. The number of carbonyl (C=O) groups excluding carboxylic acids is 1. The molecular weight excluding hydrogens is 280 g/mol. The molecule has 5 nitrogen and oxygen atoms in total. The van der Waals surface area contributed by atoms with E-state index < -0.39 is 0 Å². The molecule has 1 amide bonds. The van der Waals surface area contributed by atoms with Crippen LogP contribution >= 0.6 is 0 Å². The molecule has 0 fully saturated rings. The Morgan fingerprint density at radius 2 is 2.00 bits per heavy atom. The summed E-state index contributed by atoms with van der Waals surface area (Å²) in [6, 6.07) is 12.5. The topological polar surface area (TPSA) is 73.6 Å². The molecule has 0 bridgehead atoms. The van der Waals surface area contributed by atoms with Crippen molar-refractivity contribution in [3.63, 3.8) is 0 Å². The van der Waals surface area contributed by atoms with Gasteiger partial charge in [-0.2, -0.15) is 0 Å². The molecule has 0 aliphatic carbocycles. The SMILES string of the molecule is COc1cccc(C(=O)NCCOc2ccc(N)c(C)c2)c1. The summed E-state index contributed by atoms with van der Waals surface area (Å²) in [7, 11) is 1.57. The van der Waals surface area contributed by atoms with Crippen LogP contribution in [0.1, 0.15) is 15.9 Å². The van der Waals surface area contributed by atoms with Gasteiger partial charge in [0.15, 0.2) is 0 Å². The molecule has 0 aliphatic rings. The number of nitrogens with one attached hydrogen (secondary N) is 1. The van der Waals surface area contributed by atoms with Gasteiger partial charge in [0.1, 0.15) is 18.1 Å². The number of carbonyl (C=O) groups is 1. The van der Waals surface area contributed by atoms with Gasteiger partial charge < -0.3 is 20.5 Å². The van der Waals surface area contributed by atoms with Gasteiger partial charge in [0.25, 0.3) is 5.91 Å². The lowest BCUT2D eigenvalue weighted by atomic mass is 10.2. The molecule has 0 radical (unpaired) electrons. The Morgan fingerprint density at radius 1 is 1.18 bits per heavy atom. The number of amides is 1. The second-order valence-corrected chi connectivity index (χ2v) is 4.85. The minimum Gasteiger partial charge on any atom is -0.497 e. The zero-order chi connectivity index (χ0) is 15.9. The van der Waals surface area contributed by atoms with E-state index in [1.807, 2.05) is 19.1 Å². The second kappa shape index (κ2) is 7.36. The van der Waals surface area contributed by atoms with Crippen molar-refractivity contribution < 1.29 is 14.3 Å². The molecular formula is C17H20N2O3. The van der Waals surface area contributed by atoms with Crippen LogP contribution in [0.3, 0.4) is 0 Å². The van der Waals surface area contributed by atoms with E-state index in [1.165, 1.54) is 0 Å². The number of nitrogens with two attached hydrogens (primary N) is 1. The van der Waals surface area contributed by atoms with E-state index in [0.29, 0.717) is 24.5 Å². The highest BCUT2D eigenvalue weighted by Crippen LogP contribution is 2.18. The maximum Gasteiger partial charge on any atom is 0.251 e. The van der Waals surface area contributed by atoms with Crippen molar-refractivity contribution in [1.29, 1.82) is 0 Å². The fraction of sp³-hybridized carbons (Fsp3) is 0.235. The molecule has 2 aromatic rings. The average Bonchev–Trinajstić information content (AvgIpc) is 2.54. The van der Waals surface area contributed by atoms with Gasteiger partial charge in [0, 0.05) is 11.3 Å². The van der Waals surface area contributed by atoms with Crippen molar-refractivity contribution in [3.05, 3.63) is 53.6 Å². The third kappa shape index (κ3) is 4.15. The number of hydrogen-bond acceptors (Lipinski definition) is 4. The maximum atomic E-state index is 12.0. The first-order valence-electron chi connectivity index (χ1n) is 7.01. The molecule has 0 spiro atoms. The van der Waals surface area contributed by atoms with E-state index in [1.54, 1.807) is 37.4 Å². The number of ether oxygens (including phenoxy) is 2. The predicted molar refractivity (Wildman–Crippen MR) is 86.4 cm³/mol. The summed E-state index contributed by atoms with van der Waals surface area (Å²) in [6.45, 7) is 2.73. The Kier molecular flexibility index (Phi) is 5.25. The number of hydrogen-bond donors (Lipinski definition) is 2. The third-order valence-corrected chi connectivity index (χ3v) is 3.23. The first kappa shape index (κ1) is 15.7. The number of methoxy groups -OCH3 is 1. The van der Waals surface area contributed by atoms with Gasteiger partial charge in [0.05, 0.1) is 13.7 Å². The lowest BCUT2D eigenvalue weighted by Crippen LogP contribution is -2.28. The maximum absolute atomic E-state index is 12.0. The average molecular weight is 300 g/mol. The third-order valence-electron chi connectivity index (χ3n) is 3.23. The highest BCUT2D eigenvalue weighted by molar-refractivity contribution is 5.94. The summed E-state index contributed by atoms with van der Waals surface area (Å²) in [5, 5.41) is 2.80. The van der Waals surface area contributed by atoms with Crippen LogP contribution in [0.15, 0.2) is 42.5 Å². The summed E-state index contributed by atoms with van der Waals surface area (Å²) >= 11 is 0. The van der Waals surface area contributed by atoms with Gasteiger partial charge in [0.2, 0.25) is 0 Å². The standard InChI is InChI=1S/C17H20N2O3/c1-12-10-15(6-7-16(12)18)22-9-8-19-17(20)13-4-3-5-14(11-13)21-2/h3-7,10-11H,8-9,18H2,1-2H3,(H,19,20). The quantitative estimate of drug-likeness (QED) is 0.634. The summed E-state index contributed by atoms with van der Waals surface area (Å²) in [4.78, 5) is 12.0.